The number of methoxy groups -OCH3 is 1. The summed E-state index contributed by atoms with van der Waals surface area (Å²) in [5.74, 6) is 0. The van der Waals surface area contributed by atoms with Gasteiger partial charge in [-0.05, 0) is 0 Å². The minimum absolute atomic E-state index is 0.254. The Hall–Kier alpha value is -0.760. The first-order valence-electron chi connectivity index (χ1n) is 6.11. The highest BCUT2D eigenvalue weighted by Crippen LogP contribution is 2.26. The van der Waals surface area contributed by atoms with Crippen LogP contribution in [0.2, 0.25) is 0 Å². The van der Waals surface area contributed by atoms with Gasteiger partial charge in [0.2, 0.25) is 0 Å². The molecule has 0 aliphatic carbocycles. The van der Waals surface area contributed by atoms with E-state index in [1.54, 1.807) is 12.2 Å². The Morgan fingerprint density at radius 3 is 2.21 bits per heavy atom. The van der Waals surface area contributed by atoms with Gasteiger partial charge in [0.05, 0.1) is 19.8 Å². The predicted molar refractivity (Wildman–Crippen MR) is 68.6 cm³/mol. The number of aliphatic hydroxyl groups excluding tert-OH is 2. The highest BCUT2D eigenvalue weighted by atomic mass is 16.7. The monoisotopic (exact) mass is 274 g/mol. The molecule has 0 aromatic carbocycles. The molecular formula is C13H22O6. The van der Waals surface area contributed by atoms with Crippen molar-refractivity contribution in [2.75, 3.05) is 26.9 Å². The van der Waals surface area contributed by atoms with E-state index < -0.39 is 30.7 Å². The van der Waals surface area contributed by atoms with Crippen LogP contribution in [0, 0.1) is 0 Å². The number of hydrogen-bond acceptors (Lipinski definition) is 6. The molecule has 6 nitrogen and oxygen atoms in total. The van der Waals surface area contributed by atoms with Crippen LogP contribution in [0.25, 0.3) is 0 Å². The normalized spacial score (nSPS) is 35.0. The fourth-order valence-corrected chi connectivity index (χ4v) is 1.96. The Labute approximate surface area is 113 Å². The Morgan fingerprint density at radius 2 is 1.74 bits per heavy atom. The predicted octanol–water partition coefficient (Wildman–Crippen LogP) is -0.147. The van der Waals surface area contributed by atoms with E-state index in [-0.39, 0.29) is 19.8 Å². The van der Waals surface area contributed by atoms with Gasteiger partial charge >= 0.3 is 0 Å². The maximum atomic E-state index is 10.1. The van der Waals surface area contributed by atoms with Crippen LogP contribution in [0.4, 0.5) is 0 Å². The molecule has 1 fully saturated rings. The van der Waals surface area contributed by atoms with Gasteiger partial charge in [0.1, 0.15) is 24.4 Å². The maximum Gasteiger partial charge on any atom is 0.186 e. The summed E-state index contributed by atoms with van der Waals surface area (Å²) < 4.78 is 21.7. The van der Waals surface area contributed by atoms with Gasteiger partial charge in [0.15, 0.2) is 6.29 Å². The Morgan fingerprint density at radius 1 is 1.16 bits per heavy atom. The van der Waals surface area contributed by atoms with E-state index in [4.69, 9.17) is 18.9 Å². The summed E-state index contributed by atoms with van der Waals surface area (Å²) in [6.07, 6.45) is -0.635. The molecule has 1 aliphatic heterocycles. The number of rotatable bonds is 8. The van der Waals surface area contributed by atoms with Crippen molar-refractivity contribution in [1.82, 2.24) is 0 Å². The average molecular weight is 274 g/mol. The second-order valence-electron chi connectivity index (χ2n) is 4.13. The van der Waals surface area contributed by atoms with E-state index in [1.165, 1.54) is 7.11 Å². The summed E-state index contributed by atoms with van der Waals surface area (Å²) in [4.78, 5) is 0. The molecule has 1 aliphatic rings. The number of aliphatic hydroxyl groups is 2. The Balaban J connectivity index is 2.83. The van der Waals surface area contributed by atoms with Gasteiger partial charge in [0.25, 0.3) is 0 Å². The van der Waals surface area contributed by atoms with Crippen LogP contribution in [0.1, 0.15) is 0 Å². The zero-order valence-electron chi connectivity index (χ0n) is 11.1. The lowest BCUT2D eigenvalue weighted by Crippen LogP contribution is -2.60. The quantitative estimate of drug-likeness (QED) is 0.600. The molecule has 1 rings (SSSR count). The molecule has 0 amide bonds. The van der Waals surface area contributed by atoms with Crippen LogP contribution in [0.5, 0.6) is 0 Å². The first kappa shape index (κ1) is 16.3. The third-order valence-electron chi connectivity index (χ3n) is 2.84. The van der Waals surface area contributed by atoms with Gasteiger partial charge in [-0.2, -0.15) is 0 Å². The van der Waals surface area contributed by atoms with E-state index >= 15 is 0 Å². The maximum absolute atomic E-state index is 10.1. The SMILES string of the molecule is C=CCOC1C(OC)OC(CO)C(O)C1OCC=C. The molecule has 0 saturated carbocycles. The van der Waals surface area contributed by atoms with Crippen molar-refractivity contribution in [3.63, 3.8) is 0 Å². The molecule has 1 heterocycles. The number of hydrogen-bond donors (Lipinski definition) is 2. The van der Waals surface area contributed by atoms with Crippen LogP contribution < -0.4 is 0 Å². The molecule has 5 unspecified atom stereocenters. The first-order chi connectivity index (χ1) is 9.19. The fraction of sp³-hybridized carbons (Fsp3) is 0.692. The van der Waals surface area contributed by atoms with Gasteiger partial charge in [-0.15, -0.1) is 13.2 Å². The van der Waals surface area contributed by atoms with Crippen molar-refractivity contribution in [2.24, 2.45) is 0 Å². The molecule has 110 valence electrons. The topological polar surface area (TPSA) is 77.4 Å². The van der Waals surface area contributed by atoms with Crippen LogP contribution >= 0.6 is 0 Å². The van der Waals surface area contributed by atoms with Gasteiger partial charge < -0.3 is 29.2 Å². The molecule has 0 radical (unpaired) electrons. The summed E-state index contributed by atoms with van der Waals surface area (Å²) in [5.41, 5.74) is 0. The molecule has 6 heteroatoms. The molecule has 2 N–H and O–H groups in total. The summed E-state index contributed by atoms with van der Waals surface area (Å²) in [6.45, 7) is 7.33. The summed E-state index contributed by atoms with van der Waals surface area (Å²) in [5, 5.41) is 19.3. The van der Waals surface area contributed by atoms with E-state index in [1.807, 2.05) is 0 Å². The zero-order chi connectivity index (χ0) is 14.3. The molecule has 5 atom stereocenters. The van der Waals surface area contributed by atoms with Crippen LogP contribution in [0.15, 0.2) is 25.3 Å². The minimum Gasteiger partial charge on any atom is -0.394 e. The molecule has 1 saturated heterocycles. The largest absolute Gasteiger partial charge is 0.394 e. The van der Waals surface area contributed by atoms with Gasteiger partial charge in [-0.25, -0.2) is 0 Å². The standard InChI is InChI=1S/C13H22O6/c1-4-6-17-11-10(15)9(8-14)19-13(16-3)12(11)18-7-5-2/h4-5,9-15H,1-2,6-8H2,3H3. The summed E-state index contributed by atoms with van der Waals surface area (Å²) in [6, 6.07) is 0. The molecular weight excluding hydrogens is 252 g/mol. The third-order valence-corrected chi connectivity index (χ3v) is 2.84. The first-order valence-corrected chi connectivity index (χ1v) is 6.11. The lowest BCUT2D eigenvalue weighted by atomic mass is 9.98. The average Bonchev–Trinajstić information content (AvgIpc) is 2.44. The molecule has 0 aromatic rings. The summed E-state index contributed by atoms with van der Waals surface area (Å²) in [7, 11) is 1.46. The lowest BCUT2D eigenvalue weighted by molar-refractivity contribution is -0.307. The van der Waals surface area contributed by atoms with Crippen molar-refractivity contribution >= 4 is 0 Å². The zero-order valence-corrected chi connectivity index (χ0v) is 11.1. The Bertz CT molecular complexity index is 282. The summed E-state index contributed by atoms with van der Waals surface area (Å²) >= 11 is 0. The number of ether oxygens (including phenoxy) is 4. The van der Waals surface area contributed by atoms with Crippen molar-refractivity contribution in [3.05, 3.63) is 25.3 Å². The molecule has 19 heavy (non-hydrogen) atoms. The second kappa shape index (κ2) is 8.42. The van der Waals surface area contributed by atoms with Crippen LogP contribution in [0.3, 0.4) is 0 Å². The minimum atomic E-state index is -1.01. The van der Waals surface area contributed by atoms with Crippen molar-refractivity contribution in [2.45, 2.75) is 30.7 Å². The van der Waals surface area contributed by atoms with Gasteiger partial charge in [0, 0.05) is 7.11 Å². The van der Waals surface area contributed by atoms with Crippen LogP contribution in [-0.2, 0) is 18.9 Å². The highest BCUT2D eigenvalue weighted by Gasteiger charge is 2.46. The molecule has 0 spiro atoms. The third kappa shape index (κ3) is 4.10. The van der Waals surface area contributed by atoms with Crippen molar-refractivity contribution < 1.29 is 29.2 Å². The molecule has 0 bridgehead atoms. The van der Waals surface area contributed by atoms with E-state index in [0.717, 1.165) is 0 Å². The highest BCUT2D eigenvalue weighted by molar-refractivity contribution is 4.92. The van der Waals surface area contributed by atoms with E-state index in [2.05, 4.69) is 13.2 Å². The van der Waals surface area contributed by atoms with Crippen molar-refractivity contribution in [3.8, 4) is 0 Å². The second-order valence-corrected chi connectivity index (χ2v) is 4.13. The van der Waals surface area contributed by atoms with Gasteiger partial charge in [-0.3, -0.25) is 0 Å². The van der Waals surface area contributed by atoms with E-state index in [0.29, 0.717) is 0 Å². The smallest absolute Gasteiger partial charge is 0.186 e. The van der Waals surface area contributed by atoms with Crippen molar-refractivity contribution in [1.29, 1.82) is 0 Å². The fourth-order valence-electron chi connectivity index (χ4n) is 1.96. The molecule has 0 aromatic heterocycles. The van der Waals surface area contributed by atoms with E-state index in [9.17, 15) is 10.2 Å². The Kier molecular flexibility index (Phi) is 7.22. The van der Waals surface area contributed by atoms with Crippen LogP contribution in [-0.4, -0.2) is 67.8 Å². The lowest BCUT2D eigenvalue weighted by Gasteiger charge is -2.43. The van der Waals surface area contributed by atoms with Gasteiger partial charge in [-0.1, -0.05) is 12.2 Å².